The Morgan fingerprint density at radius 1 is 0.881 bits per heavy atom. The Kier molecular flexibility index (Phi) is 5.71. The Labute approximate surface area is 241 Å². The van der Waals surface area contributed by atoms with Gasteiger partial charge in [-0.3, -0.25) is 19.3 Å². The standard InChI is InChI=1S/C33H26N4O5/c38-26-14-15-36-30(32(26)41-18-21-8-2-1-3-9-21)33(39)35-16-17-40-19-27(35)37(36)29-23-11-5-4-10-22(23)28-31(42-20-34-28)25-13-7-6-12-24(25)29/h1-15,20,27,29H,16-19H2. The van der Waals surface area contributed by atoms with E-state index in [1.54, 1.807) is 15.8 Å². The molecule has 3 aromatic carbocycles. The third-order valence-corrected chi connectivity index (χ3v) is 8.22. The largest absolute Gasteiger partial charge is 0.482 e. The van der Waals surface area contributed by atoms with Crippen molar-refractivity contribution < 1.29 is 18.7 Å². The number of aromatic nitrogens is 2. The molecular weight excluding hydrogens is 532 g/mol. The SMILES string of the molecule is O=C1c2c(OCc3ccccc3)c(=O)ccn2N(C2c3ccccc3-c3ncoc3-c3ccccc32)C2COCCN12. The van der Waals surface area contributed by atoms with Crippen LogP contribution in [0.25, 0.3) is 22.6 Å². The lowest BCUT2D eigenvalue weighted by Gasteiger charge is -2.51. The fraction of sp³-hybridized carbons (Fsp3) is 0.182. The number of ether oxygens (including phenoxy) is 2. The average molecular weight is 559 g/mol. The highest BCUT2D eigenvalue weighted by molar-refractivity contribution is 5.97. The van der Waals surface area contributed by atoms with Crippen LogP contribution in [0.4, 0.5) is 0 Å². The van der Waals surface area contributed by atoms with Crippen LogP contribution in [0.1, 0.15) is 33.2 Å². The van der Waals surface area contributed by atoms with E-state index in [0.29, 0.717) is 25.5 Å². The van der Waals surface area contributed by atoms with Crippen LogP contribution in [-0.4, -0.2) is 46.4 Å². The molecule has 1 aliphatic carbocycles. The van der Waals surface area contributed by atoms with Crippen LogP contribution < -0.4 is 15.2 Å². The van der Waals surface area contributed by atoms with Gasteiger partial charge in [-0.2, -0.15) is 0 Å². The normalized spacial score (nSPS) is 18.7. The quantitative estimate of drug-likeness (QED) is 0.318. The molecule has 1 amide bonds. The summed E-state index contributed by atoms with van der Waals surface area (Å²) in [5.41, 5.74) is 5.34. The molecule has 9 nitrogen and oxygen atoms in total. The van der Waals surface area contributed by atoms with Crippen molar-refractivity contribution in [2.45, 2.75) is 18.8 Å². The second-order valence-corrected chi connectivity index (χ2v) is 10.5. The Hall–Kier alpha value is -5.15. The molecule has 2 aromatic heterocycles. The van der Waals surface area contributed by atoms with Crippen molar-refractivity contribution in [2.24, 2.45) is 0 Å². The number of benzene rings is 3. The van der Waals surface area contributed by atoms with Crippen molar-refractivity contribution in [1.29, 1.82) is 0 Å². The van der Waals surface area contributed by atoms with Gasteiger partial charge in [0.15, 0.2) is 23.6 Å². The fourth-order valence-electron chi connectivity index (χ4n) is 6.36. The number of fused-ring (bicyclic) bond motifs is 7. The van der Waals surface area contributed by atoms with Crippen molar-refractivity contribution >= 4 is 5.91 Å². The monoisotopic (exact) mass is 558 g/mol. The third-order valence-electron chi connectivity index (χ3n) is 8.22. The molecule has 8 rings (SSSR count). The molecule has 42 heavy (non-hydrogen) atoms. The summed E-state index contributed by atoms with van der Waals surface area (Å²) in [5.74, 6) is 0.464. The first kappa shape index (κ1) is 24.6. The second-order valence-electron chi connectivity index (χ2n) is 10.5. The zero-order chi connectivity index (χ0) is 28.2. The molecule has 0 spiro atoms. The van der Waals surface area contributed by atoms with Crippen molar-refractivity contribution in [3.63, 3.8) is 0 Å². The predicted octanol–water partition coefficient (Wildman–Crippen LogP) is 4.60. The second kappa shape index (κ2) is 9.74. The summed E-state index contributed by atoms with van der Waals surface area (Å²) < 4.78 is 19.9. The van der Waals surface area contributed by atoms with E-state index in [1.807, 2.05) is 66.7 Å². The molecule has 2 unspecified atom stereocenters. The van der Waals surface area contributed by atoms with Crippen LogP contribution >= 0.6 is 0 Å². The zero-order valence-corrected chi connectivity index (χ0v) is 22.6. The minimum atomic E-state index is -0.438. The van der Waals surface area contributed by atoms with Crippen molar-refractivity contribution in [3.8, 4) is 28.3 Å². The Morgan fingerprint density at radius 2 is 1.62 bits per heavy atom. The van der Waals surface area contributed by atoms with Gasteiger partial charge >= 0.3 is 0 Å². The predicted molar refractivity (Wildman–Crippen MR) is 155 cm³/mol. The highest BCUT2D eigenvalue weighted by Crippen LogP contribution is 2.47. The summed E-state index contributed by atoms with van der Waals surface area (Å²) in [7, 11) is 0. The van der Waals surface area contributed by atoms with Crippen LogP contribution in [0.15, 0.2) is 107 Å². The lowest BCUT2D eigenvalue weighted by atomic mass is 9.92. The fourth-order valence-corrected chi connectivity index (χ4v) is 6.36. The van der Waals surface area contributed by atoms with E-state index >= 15 is 0 Å². The van der Waals surface area contributed by atoms with Gasteiger partial charge in [0.25, 0.3) is 5.91 Å². The maximum atomic E-state index is 14.1. The number of pyridine rings is 1. The molecular formula is C33H26N4O5. The summed E-state index contributed by atoms with van der Waals surface area (Å²) in [5, 5.41) is 2.13. The van der Waals surface area contributed by atoms with E-state index in [-0.39, 0.29) is 35.4 Å². The Balaban J connectivity index is 1.36. The minimum Gasteiger partial charge on any atom is -0.482 e. The summed E-state index contributed by atoms with van der Waals surface area (Å²) in [6, 6.07) is 26.9. The van der Waals surface area contributed by atoms with Crippen LogP contribution in [0.5, 0.6) is 5.75 Å². The summed E-state index contributed by atoms with van der Waals surface area (Å²) in [6.45, 7) is 1.26. The van der Waals surface area contributed by atoms with E-state index in [4.69, 9.17) is 13.9 Å². The summed E-state index contributed by atoms with van der Waals surface area (Å²) >= 11 is 0. The van der Waals surface area contributed by atoms with Gasteiger partial charge in [-0.15, -0.1) is 0 Å². The molecule has 0 N–H and O–H groups in total. The molecule has 0 bridgehead atoms. The number of carbonyl (C=O) groups is 1. The van der Waals surface area contributed by atoms with Gasteiger partial charge in [-0.05, 0) is 16.7 Å². The van der Waals surface area contributed by atoms with E-state index < -0.39 is 6.17 Å². The first-order valence-electron chi connectivity index (χ1n) is 13.9. The van der Waals surface area contributed by atoms with Crippen LogP contribution in [0.2, 0.25) is 0 Å². The molecule has 3 aliphatic rings. The van der Waals surface area contributed by atoms with Gasteiger partial charge in [0.1, 0.15) is 18.5 Å². The van der Waals surface area contributed by atoms with E-state index in [9.17, 15) is 9.59 Å². The highest BCUT2D eigenvalue weighted by Gasteiger charge is 2.46. The van der Waals surface area contributed by atoms with E-state index in [0.717, 1.165) is 33.5 Å². The van der Waals surface area contributed by atoms with Crippen molar-refractivity contribution in [2.75, 3.05) is 24.8 Å². The molecule has 0 radical (unpaired) electrons. The smallest absolute Gasteiger partial charge is 0.278 e. The number of morpholine rings is 1. The van der Waals surface area contributed by atoms with Crippen molar-refractivity contribution in [1.82, 2.24) is 14.6 Å². The number of nitrogens with zero attached hydrogens (tertiary/aromatic N) is 4. The van der Waals surface area contributed by atoms with Gasteiger partial charge in [-0.25, -0.2) is 4.98 Å². The average Bonchev–Trinajstić information content (AvgIpc) is 3.49. The molecule has 0 saturated carbocycles. The van der Waals surface area contributed by atoms with Gasteiger partial charge < -0.3 is 18.8 Å². The van der Waals surface area contributed by atoms with Gasteiger partial charge in [0.05, 0.1) is 19.3 Å². The lowest BCUT2D eigenvalue weighted by molar-refractivity contribution is -0.0197. The zero-order valence-electron chi connectivity index (χ0n) is 22.6. The molecule has 2 aliphatic heterocycles. The number of amides is 1. The third kappa shape index (κ3) is 3.70. The molecule has 1 saturated heterocycles. The molecule has 208 valence electrons. The number of carbonyl (C=O) groups excluding carboxylic acids is 1. The number of rotatable bonds is 4. The highest BCUT2D eigenvalue weighted by atomic mass is 16.5. The number of hydrogen-bond donors (Lipinski definition) is 0. The van der Waals surface area contributed by atoms with Crippen LogP contribution in [-0.2, 0) is 11.3 Å². The Morgan fingerprint density at radius 3 is 2.45 bits per heavy atom. The van der Waals surface area contributed by atoms with Crippen LogP contribution in [0, 0.1) is 0 Å². The maximum Gasteiger partial charge on any atom is 0.278 e. The van der Waals surface area contributed by atoms with Gasteiger partial charge in [0, 0.05) is 29.9 Å². The first-order chi connectivity index (χ1) is 20.7. The number of oxazole rings is 1. The molecule has 5 aromatic rings. The molecule has 2 atom stereocenters. The minimum absolute atomic E-state index is 0.0324. The first-order valence-corrected chi connectivity index (χ1v) is 13.9. The maximum absolute atomic E-state index is 14.1. The van der Waals surface area contributed by atoms with Gasteiger partial charge in [-0.1, -0.05) is 78.9 Å². The lowest BCUT2D eigenvalue weighted by Crippen LogP contribution is -2.66. The molecule has 9 heteroatoms. The topological polar surface area (TPSA) is 90.0 Å². The summed E-state index contributed by atoms with van der Waals surface area (Å²) in [6.07, 6.45) is 2.71. The molecule has 1 fully saturated rings. The van der Waals surface area contributed by atoms with Gasteiger partial charge in [0.2, 0.25) is 5.43 Å². The summed E-state index contributed by atoms with van der Waals surface area (Å²) in [4.78, 5) is 33.8. The number of hydrogen-bond acceptors (Lipinski definition) is 7. The van der Waals surface area contributed by atoms with E-state index in [1.165, 1.54) is 12.5 Å². The van der Waals surface area contributed by atoms with Crippen LogP contribution in [0.3, 0.4) is 0 Å². The Bertz CT molecular complexity index is 1820. The van der Waals surface area contributed by atoms with Crippen molar-refractivity contribution in [3.05, 3.63) is 130 Å². The molecule has 4 heterocycles. The van der Waals surface area contributed by atoms with E-state index in [2.05, 4.69) is 22.1 Å².